The molecule has 0 spiro atoms. The van der Waals surface area contributed by atoms with Gasteiger partial charge in [0.25, 0.3) is 0 Å². The molecule has 0 aliphatic carbocycles. The van der Waals surface area contributed by atoms with E-state index in [1.165, 1.54) is 30.4 Å². The molecule has 1 amide bonds. The number of likely N-dealkylation sites (tertiary alicyclic amines) is 1. The van der Waals surface area contributed by atoms with Gasteiger partial charge in [-0.05, 0) is 38.0 Å². The summed E-state index contributed by atoms with van der Waals surface area (Å²) in [5, 5.41) is 10.3. The van der Waals surface area contributed by atoms with Crippen molar-refractivity contribution in [3.63, 3.8) is 0 Å². The molecule has 5 rings (SSSR count). The summed E-state index contributed by atoms with van der Waals surface area (Å²) in [5.74, 6) is -1.51. The topological polar surface area (TPSA) is 72.6 Å². The van der Waals surface area contributed by atoms with Gasteiger partial charge in [0.15, 0.2) is 11.8 Å². The maximum absolute atomic E-state index is 14.1. The van der Waals surface area contributed by atoms with Crippen LogP contribution in [0.4, 0.5) is 22.0 Å². The Hall–Kier alpha value is -3.35. The summed E-state index contributed by atoms with van der Waals surface area (Å²) in [4.78, 5) is 24.4. The Morgan fingerprint density at radius 2 is 1.95 bits per heavy atom. The van der Waals surface area contributed by atoms with E-state index >= 15 is 0 Å². The average Bonchev–Trinajstić information content (AvgIpc) is 3.59. The molecule has 0 N–H and O–H groups in total. The van der Waals surface area contributed by atoms with Crippen molar-refractivity contribution < 1.29 is 31.6 Å². The molecule has 2 aliphatic heterocycles. The fraction of sp³-hybridized carbons (Fsp3) is 0.417. The van der Waals surface area contributed by atoms with E-state index < -0.39 is 29.6 Å². The van der Waals surface area contributed by atoms with Crippen molar-refractivity contribution in [3.05, 3.63) is 68.9 Å². The minimum Gasteiger partial charge on any atom is -0.387 e. The summed E-state index contributed by atoms with van der Waals surface area (Å²) < 4.78 is 67.0. The molecular formula is C24H22F5N5O2S. The molecule has 37 heavy (non-hydrogen) atoms. The Labute approximate surface area is 212 Å². The second-order valence-electron chi connectivity index (χ2n) is 9.05. The first-order valence-electron chi connectivity index (χ1n) is 11.6. The molecule has 13 heteroatoms. The summed E-state index contributed by atoms with van der Waals surface area (Å²) in [6.07, 6.45) is -3.58. The number of amides is 1. The van der Waals surface area contributed by atoms with Crippen molar-refractivity contribution >= 4 is 23.0 Å². The number of oxime groups is 1. The molecule has 0 saturated carbocycles. The Kier molecular flexibility index (Phi) is 6.73. The number of hydrogen-bond donors (Lipinski definition) is 0. The van der Waals surface area contributed by atoms with Gasteiger partial charge in [0, 0.05) is 48.1 Å². The smallest absolute Gasteiger partial charge is 0.387 e. The third-order valence-corrected chi connectivity index (χ3v) is 7.56. The molecule has 1 saturated heterocycles. The first kappa shape index (κ1) is 25.3. The van der Waals surface area contributed by atoms with E-state index in [1.807, 2.05) is 5.38 Å². The van der Waals surface area contributed by atoms with Crippen molar-refractivity contribution in [2.24, 2.45) is 5.16 Å². The van der Waals surface area contributed by atoms with Crippen molar-refractivity contribution in [1.82, 2.24) is 19.7 Å². The van der Waals surface area contributed by atoms with Crippen LogP contribution >= 0.6 is 11.3 Å². The lowest BCUT2D eigenvalue weighted by Crippen LogP contribution is -2.40. The number of piperidine rings is 1. The van der Waals surface area contributed by atoms with Gasteiger partial charge in [0.2, 0.25) is 5.91 Å². The van der Waals surface area contributed by atoms with E-state index in [0.717, 1.165) is 21.8 Å². The Morgan fingerprint density at radius 3 is 2.62 bits per heavy atom. The van der Waals surface area contributed by atoms with Crippen LogP contribution in [-0.2, 0) is 22.4 Å². The molecule has 7 nitrogen and oxygen atoms in total. The second-order valence-corrected chi connectivity index (χ2v) is 9.94. The van der Waals surface area contributed by atoms with E-state index in [0.29, 0.717) is 43.8 Å². The number of hydrogen-bond acceptors (Lipinski definition) is 6. The number of benzene rings is 1. The standard InChI is InChI=1S/C24H22F5N5O2S/c1-13-8-21(24(27,28)29)31-34(13)11-22(35)33-6-4-14(5-7-33)23-30-19(12-37-23)18-10-20(36-32-18)16-3-2-15(25)9-17(16)26/h2-3,8-9,12,14,20H,4-7,10-11H2,1H3. The van der Waals surface area contributed by atoms with E-state index in [1.54, 1.807) is 4.90 Å². The number of rotatable bonds is 5. The Bertz CT molecular complexity index is 1340. The number of aromatic nitrogens is 3. The highest BCUT2D eigenvalue weighted by Crippen LogP contribution is 2.35. The third kappa shape index (κ3) is 5.36. The molecule has 196 valence electrons. The predicted octanol–water partition coefficient (Wildman–Crippen LogP) is 5.22. The van der Waals surface area contributed by atoms with Crippen LogP contribution < -0.4 is 0 Å². The quantitative estimate of drug-likeness (QED) is 0.417. The van der Waals surface area contributed by atoms with Gasteiger partial charge in [-0.2, -0.15) is 18.3 Å². The fourth-order valence-corrected chi connectivity index (χ4v) is 5.48. The molecule has 2 aromatic heterocycles. The van der Waals surface area contributed by atoms with Crippen molar-refractivity contribution in [1.29, 1.82) is 0 Å². The lowest BCUT2D eigenvalue weighted by atomic mass is 9.97. The van der Waals surface area contributed by atoms with Crippen LogP contribution in [0.3, 0.4) is 0 Å². The van der Waals surface area contributed by atoms with Gasteiger partial charge >= 0.3 is 6.18 Å². The van der Waals surface area contributed by atoms with Crippen LogP contribution in [0.2, 0.25) is 0 Å². The number of nitrogens with zero attached hydrogens (tertiary/aromatic N) is 5. The van der Waals surface area contributed by atoms with Gasteiger partial charge in [-0.15, -0.1) is 11.3 Å². The monoisotopic (exact) mass is 539 g/mol. The summed E-state index contributed by atoms with van der Waals surface area (Å²) in [5.41, 5.74) is 0.707. The molecule has 4 heterocycles. The number of alkyl halides is 3. The molecule has 1 fully saturated rings. The van der Waals surface area contributed by atoms with E-state index in [9.17, 15) is 26.7 Å². The zero-order chi connectivity index (χ0) is 26.3. The van der Waals surface area contributed by atoms with Crippen molar-refractivity contribution in [3.8, 4) is 0 Å². The molecule has 2 aliphatic rings. The SMILES string of the molecule is Cc1cc(C(F)(F)F)nn1CC(=O)N1CCC(c2nc(C3=NOC(c4ccc(F)cc4F)C3)cs2)CC1. The molecule has 1 aromatic carbocycles. The van der Waals surface area contributed by atoms with Crippen LogP contribution in [0.1, 0.15) is 58.9 Å². The Morgan fingerprint density at radius 1 is 1.19 bits per heavy atom. The van der Waals surface area contributed by atoms with Crippen LogP contribution in [0, 0.1) is 18.6 Å². The van der Waals surface area contributed by atoms with Gasteiger partial charge in [0.1, 0.15) is 23.9 Å². The maximum atomic E-state index is 14.1. The van der Waals surface area contributed by atoms with Gasteiger partial charge in [-0.1, -0.05) is 5.16 Å². The van der Waals surface area contributed by atoms with Gasteiger partial charge in [-0.25, -0.2) is 13.8 Å². The first-order valence-corrected chi connectivity index (χ1v) is 12.5. The lowest BCUT2D eigenvalue weighted by molar-refractivity contribution is -0.142. The highest BCUT2D eigenvalue weighted by Gasteiger charge is 2.35. The zero-order valence-electron chi connectivity index (χ0n) is 19.6. The number of carbonyl (C=O) groups is 1. The number of halogens is 5. The highest BCUT2D eigenvalue weighted by atomic mass is 32.1. The molecule has 3 aromatic rings. The maximum Gasteiger partial charge on any atom is 0.435 e. The van der Waals surface area contributed by atoms with E-state index in [4.69, 9.17) is 4.84 Å². The first-order chi connectivity index (χ1) is 17.6. The number of aryl methyl sites for hydroxylation is 1. The summed E-state index contributed by atoms with van der Waals surface area (Å²) in [6, 6.07) is 4.26. The van der Waals surface area contributed by atoms with Crippen LogP contribution in [-0.4, -0.2) is 44.4 Å². The predicted molar refractivity (Wildman–Crippen MR) is 124 cm³/mol. The second kappa shape index (κ2) is 9.84. The largest absolute Gasteiger partial charge is 0.435 e. The minimum absolute atomic E-state index is 0.124. The average molecular weight is 540 g/mol. The van der Waals surface area contributed by atoms with Crippen LogP contribution in [0.25, 0.3) is 0 Å². The van der Waals surface area contributed by atoms with Gasteiger partial charge < -0.3 is 9.74 Å². The van der Waals surface area contributed by atoms with Gasteiger partial charge in [-0.3, -0.25) is 9.48 Å². The molecule has 1 atom stereocenters. The molecular weight excluding hydrogens is 517 g/mol. The molecule has 0 radical (unpaired) electrons. The van der Waals surface area contributed by atoms with Gasteiger partial charge in [0.05, 0.1) is 10.7 Å². The van der Waals surface area contributed by atoms with Crippen LogP contribution in [0.15, 0.2) is 34.8 Å². The minimum atomic E-state index is -4.56. The van der Waals surface area contributed by atoms with Crippen molar-refractivity contribution in [2.45, 2.75) is 50.9 Å². The van der Waals surface area contributed by atoms with Crippen molar-refractivity contribution in [2.75, 3.05) is 13.1 Å². The lowest BCUT2D eigenvalue weighted by Gasteiger charge is -2.31. The summed E-state index contributed by atoms with van der Waals surface area (Å²) in [6.45, 7) is 2.16. The zero-order valence-corrected chi connectivity index (χ0v) is 20.5. The van der Waals surface area contributed by atoms with E-state index in [2.05, 4.69) is 15.2 Å². The summed E-state index contributed by atoms with van der Waals surface area (Å²) in [7, 11) is 0. The number of carbonyl (C=O) groups excluding carboxylic acids is 1. The molecule has 1 unspecified atom stereocenters. The Balaban J connectivity index is 1.16. The summed E-state index contributed by atoms with van der Waals surface area (Å²) >= 11 is 1.47. The normalized spacial score (nSPS) is 18.7. The van der Waals surface area contributed by atoms with Crippen LogP contribution in [0.5, 0.6) is 0 Å². The highest BCUT2D eigenvalue weighted by molar-refractivity contribution is 7.10. The number of thiazole rings is 1. The third-order valence-electron chi connectivity index (χ3n) is 6.55. The molecule has 0 bridgehead atoms. The van der Waals surface area contributed by atoms with E-state index in [-0.39, 0.29) is 29.6 Å². The fourth-order valence-electron chi connectivity index (χ4n) is 4.48.